The molecule has 2 atom stereocenters. The third-order valence-electron chi connectivity index (χ3n) is 8.36. The van der Waals surface area contributed by atoms with Gasteiger partial charge in [0.25, 0.3) is 0 Å². The maximum Gasteiger partial charge on any atom is 0.230 e. The Hall–Kier alpha value is -3.35. The normalized spacial score (nSPS) is 30.2. The van der Waals surface area contributed by atoms with Crippen LogP contribution in [-0.2, 0) is 10.3 Å². The van der Waals surface area contributed by atoms with Crippen LogP contribution >= 0.6 is 0 Å². The van der Waals surface area contributed by atoms with Gasteiger partial charge < -0.3 is 14.5 Å². The number of carbonyl (C=O) groups excluding carboxylic acids is 1. The predicted octanol–water partition coefficient (Wildman–Crippen LogP) is 5.12. The number of nitrogens with zero attached hydrogens (tertiary/aromatic N) is 3. The molecular formula is C26H26N4O3. The summed E-state index contributed by atoms with van der Waals surface area (Å²) in [7, 11) is 1.64. The highest BCUT2D eigenvalue weighted by Gasteiger charge is 2.61. The summed E-state index contributed by atoms with van der Waals surface area (Å²) in [5.74, 6) is 1.86. The molecule has 168 valence electrons. The number of hydrogen-bond acceptors (Lipinski definition) is 5. The van der Waals surface area contributed by atoms with E-state index in [1.165, 1.54) is 6.42 Å². The van der Waals surface area contributed by atoms with E-state index in [1.807, 2.05) is 47.4 Å². The third-order valence-corrected chi connectivity index (χ3v) is 8.36. The fourth-order valence-electron chi connectivity index (χ4n) is 7.47. The first-order valence-electron chi connectivity index (χ1n) is 11.7. The summed E-state index contributed by atoms with van der Waals surface area (Å²) in [6.45, 7) is 0. The summed E-state index contributed by atoms with van der Waals surface area (Å²) in [4.78, 5) is 18.1. The lowest BCUT2D eigenvalue weighted by atomic mass is 9.46. The van der Waals surface area contributed by atoms with E-state index in [9.17, 15) is 4.79 Å². The topological polar surface area (TPSA) is 82.2 Å². The minimum absolute atomic E-state index is 0.0925. The molecule has 2 aromatic carbocycles. The average Bonchev–Trinajstić information content (AvgIpc) is 3.46. The molecule has 0 unspecified atom stereocenters. The van der Waals surface area contributed by atoms with E-state index in [4.69, 9.17) is 9.15 Å². The molecule has 4 aliphatic carbocycles. The first kappa shape index (κ1) is 19.1. The van der Waals surface area contributed by atoms with Crippen LogP contribution in [-0.4, -0.2) is 27.8 Å². The zero-order chi connectivity index (χ0) is 22.2. The number of rotatable bonds is 4. The Morgan fingerprint density at radius 2 is 1.94 bits per heavy atom. The van der Waals surface area contributed by atoms with Gasteiger partial charge in [0.15, 0.2) is 0 Å². The maximum absolute atomic E-state index is 13.9. The molecule has 2 aromatic heterocycles. The molecule has 8 rings (SSSR count). The summed E-state index contributed by atoms with van der Waals surface area (Å²) in [5, 5.41) is 9.78. The van der Waals surface area contributed by atoms with Crippen molar-refractivity contribution in [3.8, 4) is 5.75 Å². The van der Waals surface area contributed by atoms with E-state index in [0.29, 0.717) is 23.3 Å². The molecule has 4 aliphatic rings. The Labute approximate surface area is 191 Å². The molecule has 1 amide bonds. The molecule has 0 spiro atoms. The van der Waals surface area contributed by atoms with Crippen molar-refractivity contribution in [2.24, 2.45) is 17.3 Å². The van der Waals surface area contributed by atoms with Gasteiger partial charge in [0, 0.05) is 16.8 Å². The second-order valence-corrected chi connectivity index (χ2v) is 10.4. The Morgan fingerprint density at radius 1 is 1.12 bits per heavy atom. The molecule has 0 radical (unpaired) electrons. The second kappa shape index (κ2) is 6.59. The van der Waals surface area contributed by atoms with Gasteiger partial charge in [-0.3, -0.25) is 4.79 Å². The van der Waals surface area contributed by atoms with Crippen LogP contribution in [0.4, 0.5) is 5.69 Å². The van der Waals surface area contributed by atoms with Crippen LogP contribution in [0.25, 0.3) is 21.9 Å². The Morgan fingerprint density at radius 3 is 2.70 bits per heavy atom. The summed E-state index contributed by atoms with van der Waals surface area (Å²) in [5.41, 5.74) is 1.76. The molecule has 33 heavy (non-hydrogen) atoms. The molecule has 4 fully saturated rings. The van der Waals surface area contributed by atoms with E-state index in [-0.39, 0.29) is 16.9 Å². The zero-order valence-corrected chi connectivity index (χ0v) is 18.6. The zero-order valence-electron chi connectivity index (χ0n) is 18.6. The number of carbonyl (C=O) groups is 1. The van der Waals surface area contributed by atoms with E-state index >= 15 is 0 Å². The van der Waals surface area contributed by atoms with E-state index in [2.05, 4.69) is 15.4 Å². The van der Waals surface area contributed by atoms with Crippen molar-refractivity contribution in [3.05, 3.63) is 49.1 Å². The van der Waals surface area contributed by atoms with Gasteiger partial charge in [0.2, 0.25) is 5.91 Å². The van der Waals surface area contributed by atoms with Crippen molar-refractivity contribution in [1.82, 2.24) is 14.8 Å². The second-order valence-electron chi connectivity index (χ2n) is 10.4. The molecule has 4 saturated carbocycles. The summed E-state index contributed by atoms with van der Waals surface area (Å²) in [6.07, 6.45) is 9.56. The highest BCUT2D eigenvalue weighted by molar-refractivity contribution is 6.08. The molecule has 4 bridgehead atoms. The highest BCUT2D eigenvalue weighted by atomic mass is 16.5. The van der Waals surface area contributed by atoms with Crippen LogP contribution in [0.1, 0.15) is 38.5 Å². The van der Waals surface area contributed by atoms with Gasteiger partial charge in [-0.25, -0.2) is 9.67 Å². The van der Waals surface area contributed by atoms with Crippen LogP contribution in [0.3, 0.4) is 0 Å². The standard InChI is InChI=1S/C26H26N4O3/c1-32-23-7-19-18-4-2-3-5-21(18)33-22(19)8-20(23)29-24(31)25-9-16-6-17(10-25)12-26(11-16,13-25)30-15-27-14-28-30/h2-5,7-8,14-17H,6,9-13H2,1H3,(H,29,31)/t16-,17-,25?,26?/m1/s1. The fraction of sp³-hybridized carbons (Fsp3) is 0.423. The van der Waals surface area contributed by atoms with Crippen molar-refractivity contribution in [2.45, 2.75) is 44.1 Å². The van der Waals surface area contributed by atoms with Gasteiger partial charge in [-0.15, -0.1) is 0 Å². The number of amides is 1. The first-order chi connectivity index (χ1) is 16.1. The Balaban J connectivity index is 1.26. The van der Waals surface area contributed by atoms with Crippen molar-refractivity contribution in [3.63, 3.8) is 0 Å². The van der Waals surface area contributed by atoms with E-state index < -0.39 is 0 Å². The fourth-order valence-corrected chi connectivity index (χ4v) is 7.47. The van der Waals surface area contributed by atoms with Crippen molar-refractivity contribution < 1.29 is 13.9 Å². The van der Waals surface area contributed by atoms with Gasteiger partial charge >= 0.3 is 0 Å². The van der Waals surface area contributed by atoms with Crippen LogP contribution in [0.5, 0.6) is 5.75 Å². The Kier molecular flexibility index (Phi) is 3.82. The SMILES string of the molecule is COc1cc2c(cc1NC(=O)C13C[C@H]4C[C@H](C1)CC(n1cncn1)(C4)C3)oc1ccccc12. The Bertz CT molecular complexity index is 1380. The number of aromatic nitrogens is 3. The predicted molar refractivity (Wildman–Crippen MR) is 124 cm³/mol. The number of anilines is 1. The molecule has 2 heterocycles. The molecule has 1 N–H and O–H groups in total. The molecular weight excluding hydrogens is 416 g/mol. The number of para-hydroxylation sites is 1. The molecule has 0 saturated heterocycles. The summed E-state index contributed by atoms with van der Waals surface area (Å²) in [6, 6.07) is 11.8. The number of hydrogen-bond donors (Lipinski definition) is 1. The van der Waals surface area contributed by atoms with Crippen molar-refractivity contribution >= 4 is 33.5 Å². The number of methoxy groups -OCH3 is 1. The minimum Gasteiger partial charge on any atom is -0.495 e. The summed E-state index contributed by atoms with van der Waals surface area (Å²) < 4.78 is 13.8. The highest BCUT2D eigenvalue weighted by Crippen LogP contribution is 2.64. The average molecular weight is 443 g/mol. The van der Waals surface area contributed by atoms with Gasteiger partial charge in [0.1, 0.15) is 29.6 Å². The lowest BCUT2D eigenvalue weighted by Gasteiger charge is -2.60. The van der Waals surface area contributed by atoms with Gasteiger partial charge in [-0.05, 0) is 62.5 Å². The van der Waals surface area contributed by atoms with Crippen molar-refractivity contribution in [2.75, 3.05) is 12.4 Å². The monoisotopic (exact) mass is 442 g/mol. The van der Waals surface area contributed by atoms with Crippen LogP contribution in [0.2, 0.25) is 0 Å². The minimum atomic E-state index is -0.385. The lowest BCUT2D eigenvalue weighted by molar-refractivity contribution is -0.150. The lowest BCUT2D eigenvalue weighted by Crippen LogP contribution is -2.60. The van der Waals surface area contributed by atoms with Gasteiger partial charge in [0.05, 0.1) is 23.8 Å². The third kappa shape index (κ3) is 2.71. The molecule has 7 heteroatoms. The van der Waals surface area contributed by atoms with E-state index in [0.717, 1.165) is 54.0 Å². The van der Waals surface area contributed by atoms with Crippen LogP contribution in [0.15, 0.2) is 53.5 Å². The number of fused-ring (bicyclic) bond motifs is 3. The summed E-state index contributed by atoms with van der Waals surface area (Å²) >= 11 is 0. The molecule has 4 aromatic rings. The van der Waals surface area contributed by atoms with E-state index in [1.54, 1.807) is 13.4 Å². The maximum atomic E-state index is 13.9. The number of nitrogens with one attached hydrogen (secondary N) is 1. The number of ether oxygens (including phenoxy) is 1. The first-order valence-corrected chi connectivity index (χ1v) is 11.7. The molecule has 7 nitrogen and oxygen atoms in total. The van der Waals surface area contributed by atoms with Crippen LogP contribution < -0.4 is 10.1 Å². The van der Waals surface area contributed by atoms with Gasteiger partial charge in [-0.1, -0.05) is 18.2 Å². The number of furan rings is 1. The van der Waals surface area contributed by atoms with Crippen molar-refractivity contribution in [1.29, 1.82) is 0 Å². The number of benzene rings is 2. The quantitative estimate of drug-likeness (QED) is 0.474. The largest absolute Gasteiger partial charge is 0.495 e. The van der Waals surface area contributed by atoms with Gasteiger partial charge in [-0.2, -0.15) is 5.10 Å². The molecule has 0 aliphatic heterocycles. The van der Waals surface area contributed by atoms with Crippen LogP contribution in [0, 0.1) is 17.3 Å². The smallest absolute Gasteiger partial charge is 0.230 e.